The number of aromatic nitrogens is 2. The number of nitrogens with one attached hydrogen (secondary N) is 1. The monoisotopic (exact) mass is 274 g/mol. The highest BCUT2D eigenvalue weighted by Crippen LogP contribution is 2.25. The predicted octanol–water partition coefficient (Wildman–Crippen LogP) is 3.01. The van der Waals surface area contributed by atoms with E-state index in [4.69, 9.17) is 4.42 Å². The molecule has 0 unspecified atom stereocenters. The smallest absolute Gasteiger partial charge is 0.137 e. The van der Waals surface area contributed by atoms with Gasteiger partial charge in [0.2, 0.25) is 0 Å². The van der Waals surface area contributed by atoms with Crippen LogP contribution >= 0.6 is 0 Å². The molecule has 20 heavy (non-hydrogen) atoms. The van der Waals surface area contributed by atoms with E-state index < -0.39 is 0 Å². The summed E-state index contributed by atoms with van der Waals surface area (Å²) in [7, 11) is 3.94. The van der Waals surface area contributed by atoms with Crippen molar-refractivity contribution in [3.63, 3.8) is 0 Å². The van der Waals surface area contributed by atoms with Crippen LogP contribution in [0.4, 0.5) is 11.6 Å². The summed E-state index contributed by atoms with van der Waals surface area (Å²) in [5.74, 6) is 2.84. The van der Waals surface area contributed by atoms with Gasteiger partial charge in [-0.05, 0) is 19.4 Å². The lowest BCUT2D eigenvalue weighted by Gasteiger charge is -2.22. The summed E-state index contributed by atoms with van der Waals surface area (Å²) in [6.45, 7) is 4.92. The van der Waals surface area contributed by atoms with Crippen molar-refractivity contribution in [3.8, 4) is 0 Å². The first kappa shape index (κ1) is 14.4. The molecule has 5 heteroatoms. The molecule has 2 heterocycles. The number of hydrogen-bond donors (Lipinski definition) is 1. The molecule has 0 aromatic carbocycles. The van der Waals surface area contributed by atoms with Crippen LogP contribution in [-0.4, -0.2) is 24.1 Å². The third-order valence-corrected chi connectivity index (χ3v) is 3.39. The zero-order chi connectivity index (χ0) is 14.5. The van der Waals surface area contributed by atoms with E-state index in [0.717, 1.165) is 36.8 Å². The highest BCUT2D eigenvalue weighted by molar-refractivity contribution is 5.58. The lowest BCUT2D eigenvalue weighted by molar-refractivity contribution is 0.529. The van der Waals surface area contributed by atoms with Gasteiger partial charge in [-0.15, -0.1) is 0 Å². The largest absolute Gasteiger partial charge is 0.469 e. The molecule has 0 spiro atoms. The summed E-state index contributed by atoms with van der Waals surface area (Å²) in [6.07, 6.45) is 5.36. The van der Waals surface area contributed by atoms with Crippen molar-refractivity contribution in [3.05, 3.63) is 35.5 Å². The van der Waals surface area contributed by atoms with Crippen LogP contribution in [0.25, 0.3) is 0 Å². The highest BCUT2D eigenvalue weighted by atomic mass is 16.3. The second kappa shape index (κ2) is 6.41. The molecule has 0 bridgehead atoms. The number of nitrogens with zero attached hydrogens (tertiary/aromatic N) is 3. The van der Waals surface area contributed by atoms with Gasteiger partial charge < -0.3 is 14.6 Å². The molecule has 108 valence electrons. The third kappa shape index (κ3) is 2.92. The second-order valence-corrected chi connectivity index (χ2v) is 4.88. The molecular formula is C15H22N4O. The fraction of sp³-hybridized carbons (Fsp3) is 0.467. The molecule has 0 fully saturated rings. The first-order chi connectivity index (χ1) is 9.67. The van der Waals surface area contributed by atoms with Gasteiger partial charge in [0, 0.05) is 31.8 Å². The molecule has 2 rings (SSSR count). The Morgan fingerprint density at radius 1 is 1.35 bits per heavy atom. The van der Waals surface area contributed by atoms with Crippen molar-refractivity contribution in [2.75, 3.05) is 24.3 Å². The summed E-state index contributed by atoms with van der Waals surface area (Å²) < 4.78 is 5.35. The van der Waals surface area contributed by atoms with Gasteiger partial charge in [-0.1, -0.05) is 13.3 Å². The van der Waals surface area contributed by atoms with Crippen LogP contribution in [0.15, 0.2) is 23.1 Å². The van der Waals surface area contributed by atoms with Crippen molar-refractivity contribution in [2.45, 2.75) is 33.2 Å². The summed E-state index contributed by atoms with van der Waals surface area (Å²) in [6, 6.07) is 2.01. The Balaban J connectivity index is 2.29. The van der Waals surface area contributed by atoms with Gasteiger partial charge in [-0.3, -0.25) is 0 Å². The Hall–Kier alpha value is -2.04. The Kier molecular flexibility index (Phi) is 4.61. The van der Waals surface area contributed by atoms with Gasteiger partial charge in [-0.25, -0.2) is 9.97 Å². The minimum absolute atomic E-state index is 0.777. The topological polar surface area (TPSA) is 54.2 Å². The van der Waals surface area contributed by atoms with E-state index in [1.54, 1.807) is 12.6 Å². The van der Waals surface area contributed by atoms with Gasteiger partial charge >= 0.3 is 0 Å². The molecule has 0 aliphatic rings. The van der Waals surface area contributed by atoms with Crippen molar-refractivity contribution < 1.29 is 4.42 Å². The lowest BCUT2D eigenvalue weighted by atomic mass is 10.1. The van der Waals surface area contributed by atoms with Crippen LogP contribution in [0.3, 0.4) is 0 Å². The zero-order valence-corrected chi connectivity index (χ0v) is 12.6. The van der Waals surface area contributed by atoms with Crippen LogP contribution < -0.4 is 10.2 Å². The van der Waals surface area contributed by atoms with Gasteiger partial charge in [0.1, 0.15) is 23.7 Å². The quantitative estimate of drug-likeness (QED) is 0.877. The van der Waals surface area contributed by atoms with E-state index >= 15 is 0 Å². The van der Waals surface area contributed by atoms with E-state index in [1.165, 1.54) is 11.1 Å². The normalized spacial score (nSPS) is 10.6. The Morgan fingerprint density at radius 3 is 2.75 bits per heavy atom. The van der Waals surface area contributed by atoms with Crippen LogP contribution in [0.1, 0.15) is 30.2 Å². The molecule has 0 aliphatic heterocycles. The molecule has 0 aliphatic carbocycles. The number of rotatable bonds is 6. The van der Waals surface area contributed by atoms with Crippen LogP contribution in [0.2, 0.25) is 0 Å². The maximum Gasteiger partial charge on any atom is 0.137 e. The first-order valence-corrected chi connectivity index (χ1v) is 6.93. The molecule has 0 saturated carbocycles. The van der Waals surface area contributed by atoms with E-state index in [2.05, 4.69) is 27.1 Å². The van der Waals surface area contributed by atoms with E-state index in [0.29, 0.717) is 0 Å². The Morgan fingerprint density at radius 2 is 2.15 bits per heavy atom. The first-order valence-electron chi connectivity index (χ1n) is 6.93. The Labute approximate surface area is 120 Å². The average molecular weight is 274 g/mol. The summed E-state index contributed by atoms with van der Waals surface area (Å²) in [5.41, 5.74) is 2.35. The van der Waals surface area contributed by atoms with Crippen LogP contribution in [0, 0.1) is 6.92 Å². The van der Waals surface area contributed by atoms with E-state index in [-0.39, 0.29) is 0 Å². The summed E-state index contributed by atoms with van der Waals surface area (Å²) in [5, 5.41) is 3.15. The number of furan rings is 1. The highest BCUT2D eigenvalue weighted by Gasteiger charge is 2.15. The maximum atomic E-state index is 5.35. The molecule has 0 atom stereocenters. The van der Waals surface area contributed by atoms with Crippen molar-refractivity contribution in [2.24, 2.45) is 0 Å². The molecule has 5 nitrogen and oxygen atoms in total. The molecule has 2 aromatic heterocycles. The molecule has 1 N–H and O–H groups in total. The molecule has 0 radical (unpaired) electrons. The maximum absolute atomic E-state index is 5.35. The fourth-order valence-corrected chi connectivity index (χ4v) is 2.33. The number of hydrogen-bond acceptors (Lipinski definition) is 5. The Bertz CT molecular complexity index is 565. The van der Waals surface area contributed by atoms with Crippen molar-refractivity contribution in [1.29, 1.82) is 0 Å². The van der Waals surface area contributed by atoms with E-state index in [1.807, 2.05) is 27.1 Å². The summed E-state index contributed by atoms with van der Waals surface area (Å²) in [4.78, 5) is 10.9. The molecule has 0 saturated heterocycles. The van der Waals surface area contributed by atoms with Gasteiger partial charge in [0.25, 0.3) is 0 Å². The number of anilines is 2. The van der Waals surface area contributed by atoms with Gasteiger partial charge in [0.05, 0.1) is 6.26 Å². The van der Waals surface area contributed by atoms with Crippen molar-refractivity contribution >= 4 is 11.6 Å². The third-order valence-electron chi connectivity index (χ3n) is 3.39. The minimum atomic E-state index is 0.777. The standard InChI is InChI=1S/C15H22N4O/c1-5-6-13-14(16-3)17-10-18-15(13)19(4)9-12-7-8-20-11(12)2/h7-8,10H,5-6,9H2,1-4H3,(H,16,17,18). The van der Waals surface area contributed by atoms with Crippen LogP contribution in [-0.2, 0) is 13.0 Å². The number of aryl methyl sites for hydroxylation is 1. The average Bonchev–Trinajstić information content (AvgIpc) is 2.84. The zero-order valence-electron chi connectivity index (χ0n) is 12.6. The minimum Gasteiger partial charge on any atom is -0.469 e. The van der Waals surface area contributed by atoms with E-state index in [9.17, 15) is 0 Å². The van der Waals surface area contributed by atoms with Gasteiger partial charge in [0.15, 0.2) is 0 Å². The predicted molar refractivity (Wildman–Crippen MR) is 81.1 cm³/mol. The van der Waals surface area contributed by atoms with Crippen molar-refractivity contribution in [1.82, 2.24) is 9.97 Å². The fourth-order valence-electron chi connectivity index (χ4n) is 2.33. The van der Waals surface area contributed by atoms with Crippen LogP contribution in [0.5, 0.6) is 0 Å². The lowest BCUT2D eigenvalue weighted by Crippen LogP contribution is -2.20. The molecule has 0 amide bonds. The van der Waals surface area contributed by atoms with Gasteiger partial charge in [-0.2, -0.15) is 0 Å². The molecular weight excluding hydrogens is 252 g/mol. The summed E-state index contributed by atoms with van der Waals surface area (Å²) >= 11 is 0. The second-order valence-electron chi connectivity index (χ2n) is 4.88. The molecule has 2 aromatic rings. The SMILES string of the molecule is CCCc1c(NC)ncnc1N(C)Cc1ccoc1C.